The molecule has 0 aliphatic heterocycles. The van der Waals surface area contributed by atoms with E-state index in [1.807, 2.05) is 54.6 Å². The molecule has 0 atom stereocenters. The molecule has 0 saturated carbocycles. The van der Waals surface area contributed by atoms with Gasteiger partial charge in [-0.25, -0.2) is 4.98 Å². The fourth-order valence-electron chi connectivity index (χ4n) is 2.90. The minimum absolute atomic E-state index is 0.114. The van der Waals surface area contributed by atoms with Gasteiger partial charge in [-0.1, -0.05) is 48.0 Å². The van der Waals surface area contributed by atoms with Crippen molar-refractivity contribution in [2.45, 2.75) is 6.54 Å². The van der Waals surface area contributed by atoms with E-state index >= 15 is 0 Å². The van der Waals surface area contributed by atoms with Crippen molar-refractivity contribution < 1.29 is 0 Å². The van der Waals surface area contributed by atoms with Crippen LogP contribution >= 0.6 is 11.6 Å². The van der Waals surface area contributed by atoms with Crippen LogP contribution in [0.25, 0.3) is 23.1 Å². The largest absolute Gasteiger partial charge is 0.288 e. The quantitative estimate of drug-likeness (QED) is 0.522. The van der Waals surface area contributed by atoms with Crippen molar-refractivity contribution in [3.63, 3.8) is 0 Å². The summed E-state index contributed by atoms with van der Waals surface area (Å²) in [6.45, 7) is 0.432. The van der Waals surface area contributed by atoms with Gasteiger partial charge in [0.15, 0.2) is 0 Å². The SMILES string of the molecule is O=c1c2cc(Cl)ccc2nc(/C=C/c2cccnc2)n1Cc1ccccc1. The van der Waals surface area contributed by atoms with Crippen LogP contribution in [-0.4, -0.2) is 14.5 Å². The van der Waals surface area contributed by atoms with Crippen molar-refractivity contribution in [1.82, 2.24) is 14.5 Å². The lowest BCUT2D eigenvalue weighted by Gasteiger charge is -2.11. The summed E-state index contributed by atoms with van der Waals surface area (Å²) < 4.78 is 1.67. The van der Waals surface area contributed by atoms with Crippen LogP contribution in [0.5, 0.6) is 0 Å². The number of hydrogen-bond acceptors (Lipinski definition) is 3. The highest BCUT2D eigenvalue weighted by atomic mass is 35.5. The molecule has 0 fully saturated rings. The summed E-state index contributed by atoms with van der Waals surface area (Å²) in [5.41, 5.74) is 2.48. The molecule has 2 aromatic heterocycles. The lowest BCUT2D eigenvalue weighted by atomic mass is 10.2. The molecule has 2 heterocycles. The molecule has 4 nitrogen and oxygen atoms in total. The Morgan fingerprint density at radius 3 is 2.63 bits per heavy atom. The lowest BCUT2D eigenvalue weighted by Crippen LogP contribution is -2.24. The van der Waals surface area contributed by atoms with E-state index in [0.29, 0.717) is 28.3 Å². The predicted octanol–water partition coefficient (Wildman–Crippen LogP) is 4.66. The van der Waals surface area contributed by atoms with Crippen LogP contribution in [0.3, 0.4) is 0 Å². The van der Waals surface area contributed by atoms with Gasteiger partial charge < -0.3 is 0 Å². The van der Waals surface area contributed by atoms with Gasteiger partial charge in [0.25, 0.3) is 5.56 Å². The predicted molar refractivity (Wildman–Crippen MR) is 110 cm³/mol. The zero-order valence-corrected chi connectivity index (χ0v) is 15.2. The van der Waals surface area contributed by atoms with E-state index in [0.717, 1.165) is 11.1 Å². The molecule has 0 radical (unpaired) electrons. The van der Waals surface area contributed by atoms with Gasteiger partial charge in [-0.15, -0.1) is 0 Å². The molecule has 5 heteroatoms. The van der Waals surface area contributed by atoms with Gasteiger partial charge in [0.1, 0.15) is 5.82 Å². The molecule has 27 heavy (non-hydrogen) atoms. The van der Waals surface area contributed by atoms with Crippen molar-refractivity contribution in [2.75, 3.05) is 0 Å². The Balaban J connectivity index is 1.87. The first kappa shape index (κ1) is 17.2. The average Bonchev–Trinajstić information content (AvgIpc) is 2.71. The number of benzene rings is 2. The summed E-state index contributed by atoms with van der Waals surface area (Å²) >= 11 is 6.09. The maximum atomic E-state index is 13.1. The second kappa shape index (κ2) is 7.56. The van der Waals surface area contributed by atoms with Crippen LogP contribution in [0.4, 0.5) is 0 Å². The molecule has 132 valence electrons. The van der Waals surface area contributed by atoms with E-state index in [-0.39, 0.29) is 5.56 Å². The van der Waals surface area contributed by atoms with Crippen LogP contribution in [0, 0.1) is 0 Å². The first-order valence-corrected chi connectivity index (χ1v) is 8.91. The minimum Gasteiger partial charge on any atom is -0.288 e. The topological polar surface area (TPSA) is 47.8 Å². The molecule has 2 aromatic carbocycles. The van der Waals surface area contributed by atoms with Gasteiger partial charge in [0.05, 0.1) is 17.4 Å². The number of fused-ring (bicyclic) bond motifs is 1. The molecule has 0 amide bonds. The first-order valence-electron chi connectivity index (χ1n) is 8.53. The molecular formula is C22H16ClN3O. The Morgan fingerprint density at radius 2 is 1.85 bits per heavy atom. The second-order valence-electron chi connectivity index (χ2n) is 6.13. The summed E-state index contributed by atoms with van der Waals surface area (Å²) in [7, 11) is 0. The highest BCUT2D eigenvalue weighted by molar-refractivity contribution is 6.31. The van der Waals surface area contributed by atoms with E-state index in [2.05, 4.69) is 9.97 Å². The Bertz CT molecular complexity index is 1170. The highest BCUT2D eigenvalue weighted by Gasteiger charge is 2.10. The number of halogens is 1. The van der Waals surface area contributed by atoms with E-state index in [1.165, 1.54) is 0 Å². The van der Waals surface area contributed by atoms with Gasteiger partial charge >= 0.3 is 0 Å². The summed E-state index contributed by atoms with van der Waals surface area (Å²) in [6, 6.07) is 18.8. The Morgan fingerprint density at radius 1 is 1.00 bits per heavy atom. The zero-order valence-electron chi connectivity index (χ0n) is 14.4. The van der Waals surface area contributed by atoms with E-state index in [9.17, 15) is 4.79 Å². The first-order chi connectivity index (χ1) is 13.2. The molecule has 4 rings (SSSR count). The Hall–Kier alpha value is -3.24. The fourth-order valence-corrected chi connectivity index (χ4v) is 3.07. The smallest absolute Gasteiger partial charge is 0.261 e. The normalized spacial score (nSPS) is 11.3. The summed E-state index contributed by atoms with van der Waals surface area (Å²) in [4.78, 5) is 21.9. The molecule has 0 N–H and O–H groups in total. The average molecular weight is 374 g/mol. The maximum absolute atomic E-state index is 13.1. The van der Waals surface area contributed by atoms with Gasteiger partial charge in [-0.2, -0.15) is 0 Å². The Kier molecular flexibility index (Phi) is 4.81. The number of rotatable bonds is 4. The third-order valence-electron chi connectivity index (χ3n) is 4.24. The van der Waals surface area contributed by atoms with Crippen LogP contribution in [0.2, 0.25) is 5.02 Å². The van der Waals surface area contributed by atoms with E-state index in [1.54, 1.807) is 35.2 Å². The number of aromatic nitrogens is 3. The number of hydrogen-bond donors (Lipinski definition) is 0. The van der Waals surface area contributed by atoms with Crippen LogP contribution in [0.15, 0.2) is 77.9 Å². The molecule has 0 spiro atoms. The van der Waals surface area contributed by atoms with E-state index < -0.39 is 0 Å². The van der Waals surface area contributed by atoms with Gasteiger partial charge in [0, 0.05) is 17.4 Å². The monoisotopic (exact) mass is 373 g/mol. The van der Waals surface area contributed by atoms with Crippen molar-refractivity contribution in [1.29, 1.82) is 0 Å². The van der Waals surface area contributed by atoms with Gasteiger partial charge in [-0.3, -0.25) is 14.3 Å². The minimum atomic E-state index is -0.114. The molecule has 0 bridgehead atoms. The second-order valence-corrected chi connectivity index (χ2v) is 6.56. The van der Waals surface area contributed by atoms with Crippen LogP contribution in [-0.2, 0) is 6.54 Å². The van der Waals surface area contributed by atoms with Gasteiger partial charge in [-0.05, 0) is 47.5 Å². The molecule has 0 aliphatic carbocycles. The van der Waals surface area contributed by atoms with Crippen molar-refractivity contribution >= 4 is 34.7 Å². The molecule has 4 aromatic rings. The van der Waals surface area contributed by atoms with Crippen molar-refractivity contribution in [3.05, 3.63) is 105 Å². The molecular weight excluding hydrogens is 358 g/mol. The Labute approximate surface area is 161 Å². The summed E-state index contributed by atoms with van der Waals surface area (Å²) in [5.74, 6) is 0.586. The number of nitrogens with zero attached hydrogens (tertiary/aromatic N) is 3. The fraction of sp³-hybridized carbons (Fsp3) is 0.0455. The third kappa shape index (κ3) is 3.81. The molecule has 0 unspecified atom stereocenters. The van der Waals surface area contributed by atoms with Crippen molar-refractivity contribution in [3.8, 4) is 0 Å². The van der Waals surface area contributed by atoms with Gasteiger partial charge in [0.2, 0.25) is 0 Å². The van der Waals surface area contributed by atoms with Crippen LogP contribution < -0.4 is 5.56 Å². The third-order valence-corrected chi connectivity index (χ3v) is 4.47. The molecule has 0 aliphatic rings. The van der Waals surface area contributed by atoms with Crippen LogP contribution in [0.1, 0.15) is 17.0 Å². The zero-order chi connectivity index (χ0) is 18.6. The lowest BCUT2D eigenvalue weighted by molar-refractivity contribution is 0.738. The highest BCUT2D eigenvalue weighted by Crippen LogP contribution is 2.17. The summed E-state index contributed by atoms with van der Waals surface area (Å²) in [6.07, 6.45) is 7.23. The summed E-state index contributed by atoms with van der Waals surface area (Å²) in [5, 5.41) is 1.03. The standard InChI is InChI=1S/C22H16ClN3O/c23-18-9-10-20-19(13-18)22(27)26(15-17-5-2-1-3-6-17)21(25-20)11-8-16-7-4-12-24-14-16/h1-14H,15H2/b11-8+. The molecule has 0 saturated heterocycles. The maximum Gasteiger partial charge on any atom is 0.261 e. The number of pyridine rings is 1. The van der Waals surface area contributed by atoms with E-state index in [4.69, 9.17) is 11.6 Å². The van der Waals surface area contributed by atoms with Crippen molar-refractivity contribution in [2.24, 2.45) is 0 Å².